The molecule has 3 nitrogen and oxygen atoms in total. The molecule has 0 aromatic rings. The van der Waals surface area contributed by atoms with Gasteiger partial charge in [-0.25, -0.2) is 0 Å². The van der Waals surface area contributed by atoms with Crippen LogP contribution in [0.5, 0.6) is 0 Å². The van der Waals surface area contributed by atoms with Crippen LogP contribution in [0.4, 0.5) is 0 Å². The molecule has 0 amide bonds. The number of carbonyl (C=O) groups excluding carboxylic acids is 2. The molecule has 2 aliphatic rings. The predicted octanol–water partition coefficient (Wildman–Crippen LogP) is 3.22. The lowest BCUT2D eigenvalue weighted by Crippen LogP contribution is -2.20. The van der Waals surface area contributed by atoms with Crippen LogP contribution >= 0.6 is 0 Å². The molecule has 3 unspecified atom stereocenters. The fourth-order valence-corrected chi connectivity index (χ4v) is 3.19. The van der Waals surface area contributed by atoms with E-state index >= 15 is 0 Å². The molecule has 0 spiro atoms. The van der Waals surface area contributed by atoms with Crippen LogP contribution in [0.25, 0.3) is 0 Å². The van der Waals surface area contributed by atoms with Gasteiger partial charge in [-0.05, 0) is 30.3 Å². The van der Waals surface area contributed by atoms with Gasteiger partial charge in [0.1, 0.15) is 6.10 Å². The average Bonchev–Trinajstić information content (AvgIpc) is 2.85. The van der Waals surface area contributed by atoms with Crippen molar-refractivity contribution in [3.8, 4) is 0 Å². The summed E-state index contributed by atoms with van der Waals surface area (Å²) in [7, 11) is 0. The summed E-state index contributed by atoms with van der Waals surface area (Å²) in [5, 5.41) is 0. The van der Waals surface area contributed by atoms with Crippen molar-refractivity contribution >= 4 is 11.8 Å². The van der Waals surface area contributed by atoms with Crippen molar-refractivity contribution in [3.05, 3.63) is 36.5 Å². The first-order chi connectivity index (χ1) is 9.34. The molecular formula is C17H22O3. The Morgan fingerprint density at radius 3 is 2.60 bits per heavy atom. The van der Waals surface area contributed by atoms with Crippen LogP contribution in [-0.4, -0.2) is 17.9 Å². The number of ether oxygens (including phenoxy) is 1. The molecule has 3 atom stereocenters. The molecule has 0 aromatic carbocycles. The summed E-state index contributed by atoms with van der Waals surface area (Å²) in [5.41, 5.74) is 1.54. The van der Waals surface area contributed by atoms with Gasteiger partial charge >= 0.3 is 5.97 Å². The largest absolute Gasteiger partial charge is 0.457 e. The highest BCUT2D eigenvalue weighted by Crippen LogP contribution is 2.59. The molecule has 0 aromatic heterocycles. The van der Waals surface area contributed by atoms with Crippen LogP contribution in [0.15, 0.2) is 36.5 Å². The summed E-state index contributed by atoms with van der Waals surface area (Å²) in [5.74, 6) is -0.108. The quantitative estimate of drug-likeness (QED) is 0.571. The summed E-state index contributed by atoms with van der Waals surface area (Å²) in [6.45, 7) is 13.4. The zero-order chi connectivity index (χ0) is 15.1. The van der Waals surface area contributed by atoms with Crippen molar-refractivity contribution in [1.29, 1.82) is 0 Å². The number of allylic oxidation sites excluding steroid dienone is 3. The number of hydrogen-bond acceptors (Lipinski definition) is 3. The molecule has 0 bridgehead atoms. The van der Waals surface area contributed by atoms with Gasteiger partial charge in [0.25, 0.3) is 0 Å². The average molecular weight is 274 g/mol. The summed E-state index contributed by atoms with van der Waals surface area (Å²) >= 11 is 0. The molecule has 0 radical (unpaired) electrons. The second kappa shape index (κ2) is 5.04. The number of Topliss-reactive ketones (excluding diaryl/α,β-unsaturated/α-hetero) is 1. The van der Waals surface area contributed by atoms with Crippen molar-refractivity contribution in [2.45, 2.75) is 39.7 Å². The van der Waals surface area contributed by atoms with Crippen molar-refractivity contribution < 1.29 is 14.3 Å². The minimum absolute atomic E-state index is 0.0653. The minimum Gasteiger partial charge on any atom is -0.457 e. The van der Waals surface area contributed by atoms with Gasteiger partial charge < -0.3 is 4.74 Å². The van der Waals surface area contributed by atoms with Crippen LogP contribution in [0.2, 0.25) is 0 Å². The molecule has 0 heterocycles. The van der Waals surface area contributed by atoms with Crippen molar-refractivity contribution in [2.75, 3.05) is 0 Å². The van der Waals surface area contributed by atoms with Crippen molar-refractivity contribution in [3.63, 3.8) is 0 Å². The molecular weight excluding hydrogens is 252 g/mol. The van der Waals surface area contributed by atoms with E-state index in [-0.39, 0.29) is 35.4 Å². The molecule has 0 N–H and O–H groups in total. The summed E-state index contributed by atoms with van der Waals surface area (Å²) < 4.78 is 5.56. The fourth-order valence-electron chi connectivity index (χ4n) is 3.19. The first-order valence-electron chi connectivity index (χ1n) is 7.01. The smallest absolute Gasteiger partial charge is 0.310 e. The molecule has 20 heavy (non-hydrogen) atoms. The van der Waals surface area contributed by atoms with Crippen LogP contribution in [0.1, 0.15) is 33.6 Å². The van der Waals surface area contributed by atoms with Gasteiger partial charge in [0.15, 0.2) is 5.78 Å². The van der Waals surface area contributed by atoms with Gasteiger partial charge in [-0.15, -0.1) is 13.2 Å². The first kappa shape index (κ1) is 14.8. The molecule has 1 fully saturated rings. The van der Waals surface area contributed by atoms with Gasteiger partial charge in [0, 0.05) is 5.57 Å². The van der Waals surface area contributed by atoms with Crippen molar-refractivity contribution in [2.24, 2.45) is 17.3 Å². The Kier molecular flexibility index (Phi) is 3.72. The molecule has 108 valence electrons. The van der Waals surface area contributed by atoms with E-state index in [0.29, 0.717) is 6.42 Å². The Bertz CT molecular complexity index is 510. The van der Waals surface area contributed by atoms with Crippen LogP contribution < -0.4 is 0 Å². The van der Waals surface area contributed by atoms with Gasteiger partial charge in [0.2, 0.25) is 0 Å². The van der Waals surface area contributed by atoms with Gasteiger partial charge in [-0.3, -0.25) is 9.59 Å². The molecule has 2 rings (SSSR count). The van der Waals surface area contributed by atoms with E-state index in [1.807, 2.05) is 26.8 Å². The lowest BCUT2D eigenvalue weighted by atomic mass is 10.1. The lowest BCUT2D eigenvalue weighted by Gasteiger charge is -2.13. The predicted molar refractivity (Wildman–Crippen MR) is 78.0 cm³/mol. The van der Waals surface area contributed by atoms with Crippen molar-refractivity contribution in [1.82, 2.24) is 0 Å². The highest BCUT2D eigenvalue weighted by atomic mass is 16.5. The lowest BCUT2D eigenvalue weighted by molar-refractivity contribution is -0.150. The minimum atomic E-state index is -0.396. The van der Waals surface area contributed by atoms with Gasteiger partial charge in [-0.2, -0.15) is 0 Å². The SMILES string of the molecule is C=CCC1=C(C)C(OC(=O)C2C(C=C)C2(C)C)CC1=O. The Labute approximate surface area is 120 Å². The fraction of sp³-hybridized carbons (Fsp3) is 0.529. The maximum Gasteiger partial charge on any atom is 0.310 e. The summed E-state index contributed by atoms with van der Waals surface area (Å²) in [4.78, 5) is 24.1. The summed E-state index contributed by atoms with van der Waals surface area (Å²) in [6, 6.07) is 0. The Morgan fingerprint density at radius 2 is 2.10 bits per heavy atom. The molecule has 0 saturated heterocycles. The Morgan fingerprint density at radius 1 is 1.45 bits per heavy atom. The second-order valence-corrected chi connectivity index (χ2v) is 6.27. The molecule has 0 aliphatic heterocycles. The second-order valence-electron chi connectivity index (χ2n) is 6.27. The highest BCUT2D eigenvalue weighted by molar-refractivity contribution is 6.00. The number of rotatable bonds is 5. The zero-order valence-electron chi connectivity index (χ0n) is 12.4. The van der Waals surface area contributed by atoms with E-state index in [0.717, 1.165) is 11.1 Å². The molecule has 2 aliphatic carbocycles. The molecule has 1 saturated carbocycles. The zero-order valence-corrected chi connectivity index (χ0v) is 12.4. The topological polar surface area (TPSA) is 43.4 Å². The van der Waals surface area contributed by atoms with E-state index in [4.69, 9.17) is 4.74 Å². The van der Waals surface area contributed by atoms with E-state index in [1.165, 1.54) is 0 Å². The van der Waals surface area contributed by atoms with E-state index in [9.17, 15) is 9.59 Å². The third-order valence-electron chi connectivity index (χ3n) is 4.69. The number of ketones is 1. The maximum atomic E-state index is 12.2. The van der Waals surface area contributed by atoms with E-state index < -0.39 is 6.10 Å². The van der Waals surface area contributed by atoms with E-state index in [2.05, 4.69) is 13.2 Å². The third kappa shape index (κ3) is 2.26. The third-order valence-corrected chi connectivity index (χ3v) is 4.69. The Balaban J connectivity index is 2.05. The maximum absolute atomic E-state index is 12.2. The monoisotopic (exact) mass is 274 g/mol. The Hall–Kier alpha value is -1.64. The van der Waals surface area contributed by atoms with Crippen LogP contribution in [0.3, 0.4) is 0 Å². The van der Waals surface area contributed by atoms with Crippen LogP contribution in [0, 0.1) is 17.3 Å². The molecule has 3 heteroatoms. The van der Waals surface area contributed by atoms with Crippen LogP contribution in [-0.2, 0) is 14.3 Å². The van der Waals surface area contributed by atoms with Gasteiger partial charge in [0.05, 0.1) is 12.3 Å². The number of hydrogen-bond donors (Lipinski definition) is 0. The standard InChI is InChI=1S/C17H22O3/c1-6-8-11-10(3)14(9-13(11)18)20-16(19)15-12(7-2)17(15,4)5/h6-7,12,14-15H,1-2,8-9H2,3-5H3. The number of carbonyl (C=O) groups is 2. The number of esters is 1. The summed E-state index contributed by atoms with van der Waals surface area (Å²) in [6.07, 6.45) is 3.94. The van der Waals surface area contributed by atoms with E-state index in [1.54, 1.807) is 6.08 Å². The highest BCUT2D eigenvalue weighted by Gasteiger charge is 2.61. The van der Waals surface area contributed by atoms with Gasteiger partial charge in [-0.1, -0.05) is 26.0 Å². The first-order valence-corrected chi connectivity index (χ1v) is 7.01. The normalized spacial score (nSPS) is 31.1.